The molecule has 6 nitrogen and oxygen atoms in total. The molecule has 0 bridgehead atoms. The molecule has 11 heteroatoms. The van der Waals surface area contributed by atoms with E-state index in [0.717, 1.165) is 16.6 Å². The maximum atomic E-state index is 13.0. The molecule has 4 rings (SSSR count). The van der Waals surface area contributed by atoms with Gasteiger partial charge in [0, 0.05) is 4.47 Å². The number of ether oxygens (including phenoxy) is 1. The van der Waals surface area contributed by atoms with Crippen molar-refractivity contribution in [3.05, 3.63) is 98.1 Å². The van der Waals surface area contributed by atoms with Crippen LogP contribution in [0.15, 0.2) is 63.5 Å². The van der Waals surface area contributed by atoms with Crippen LogP contribution in [-0.4, -0.2) is 15.7 Å². The molecular formula is C25H20BrClF3N3O3. The summed E-state index contributed by atoms with van der Waals surface area (Å²) < 4.78 is 52.7. The molecule has 0 unspecified atom stereocenters. The molecule has 2 heterocycles. The lowest BCUT2D eigenvalue weighted by Crippen LogP contribution is -2.13. The van der Waals surface area contributed by atoms with Crippen molar-refractivity contribution in [1.29, 1.82) is 0 Å². The summed E-state index contributed by atoms with van der Waals surface area (Å²) in [6.45, 7) is 3.62. The Hall–Kier alpha value is -3.24. The number of aromatic nitrogens is 2. The van der Waals surface area contributed by atoms with Crippen molar-refractivity contribution in [2.75, 3.05) is 5.32 Å². The van der Waals surface area contributed by atoms with E-state index in [0.29, 0.717) is 39.2 Å². The lowest BCUT2D eigenvalue weighted by Gasteiger charge is -2.10. The molecule has 2 aromatic heterocycles. The van der Waals surface area contributed by atoms with E-state index in [-0.39, 0.29) is 18.9 Å². The largest absolute Gasteiger partial charge is 0.484 e. The third kappa shape index (κ3) is 5.93. The molecule has 4 aromatic rings. The number of carbonyl (C=O) groups is 1. The van der Waals surface area contributed by atoms with Gasteiger partial charge in [0.1, 0.15) is 18.1 Å². The number of nitrogens with zero attached hydrogens (tertiary/aromatic N) is 2. The standard InChI is InChI=1S/C25H20BrClF3N3O3/c1-14-23(15(2)33(32-14)12-16-4-3-5-17(10-16)25(28,29)30)31-24(34)22-9-7-19(36-22)13-35-21-8-6-18(26)11-20(21)27/h3-11H,12-13H2,1-2H3,(H,31,34). The van der Waals surface area contributed by atoms with Gasteiger partial charge in [-0.1, -0.05) is 39.7 Å². The number of amides is 1. The summed E-state index contributed by atoms with van der Waals surface area (Å²) in [5.41, 5.74) is 1.29. The SMILES string of the molecule is Cc1nn(Cc2cccc(C(F)(F)F)c2)c(C)c1NC(=O)c1ccc(COc2ccc(Br)cc2Cl)o1. The third-order valence-electron chi connectivity index (χ3n) is 5.36. The van der Waals surface area contributed by atoms with Gasteiger partial charge in [-0.25, -0.2) is 0 Å². The van der Waals surface area contributed by atoms with Gasteiger partial charge in [0.05, 0.1) is 34.2 Å². The van der Waals surface area contributed by atoms with Gasteiger partial charge in [-0.2, -0.15) is 18.3 Å². The number of carbonyl (C=O) groups excluding carboxylic acids is 1. The van der Waals surface area contributed by atoms with E-state index in [1.807, 2.05) is 0 Å². The number of alkyl halides is 3. The van der Waals surface area contributed by atoms with Crippen molar-refractivity contribution >= 4 is 39.1 Å². The van der Waals surface area contributed by atoms with Crippen molar-refractivity contribution in [3.63, 3.8) is 0 Å². The predicted octanol–water partition coefficient (Wildman–Crippen LogP) is 7.41. The molecule has 0 aliphatic carbocycles. The lowest BCUT2D eigenvalue weighted by molar-refractivity contribution is -0.137. The molecule has 0 fully saturated rings. The van der Waals surface area contributed by atoms with Crippen molar-refractivity contribution in [2.45, 2.75) is 33.2 Å². The molecule has 0 aliphatic rings. The molecule has 2 aromatic carbocycles. The Bertz CT molecular complexity index is 1420. The summed E-state index contributed by atoms with van der Waals surface area (Å²) in [5, 5.41) is 7.59. The molecule has 0 saturated carbocycles. The van der Waals surface area contributed by atoms with Crippen LogP contribution < -0.4 is 10.1 Å². The van der Waals surface area contributed by atoms with Gasteiger partial charge in [-0.05, 0) is 61.9 Å². The number of anilines is 1. The summed E-state index contributed by atoms with van der Waals surface area (Å²) in [6, 6.07) is 13.4. The Morgan fingerprint density at radius 1 is 1.17 bits per heavy atom. The van der Waals surface area contributed by atoms with E-state index in [1.54, 1.807) is 48.9 Å². The smallest absolute Gasteiger partial charge is 0.416 e. The van der Waals surface area contributed by atoms with Crippen LogP contribution in [0.2, 0.25) is 5.02 Å². The van der Waals surface area contributed by atoms with Crippen LogP contribution in [0, 0.1) is 13.8 Å². The first-order valence-corrected chi connectivity index (χ1v) is 11.9. The summed E-state index contributed by atoms with van der Waals surface area (Å²) in [4.78, 5) is 12.8. The zero-order valence-electron chi connectivity index (χ0n) is 19.1. The maximum absolute atomic E-state index is 13.0. The fraction of sp³-hybridized carbons (Fsp3) is 0.200. The molecule has 0 radical (unpaired) electrons. The zero-order chi connectivity index (χ0) is 26.0. The Labute approximate surface area is 218 Å². The first-order chi connectivity index (χ1) is 17.0. The average molecular weight is 583 g/mol. The monoisotopic (exact) mass is 581 g/mol. The highest BCUT2D eigenvalue weighted by Crippen LogP contribution is 2.31. The average Bonchev–Trinajstić information content (AvgIpc) is 3.39. The minimum atomic E-state index is -4.43. The summed E-state index contributed by atoms with van der Waals surface area (Å²) in [6.07, 6.45) is -4.43. The highest BCUT2D eigenvalue weighted by atomic mass is 79.9. The van der Waals surface area contributed by atoms with E-state index in [4.69, 9.17) is 20.8 Å². The van der Waals surface area contributed by atoms with Crippen LogP contribution in [-0.2, 0) is 19.3 Å². The van der Waals surface area contributed by atoms with Crippen LogP contribution in [0.25, 0.3) is 0 Å². The Balaban J connectivity index is 1.43. The van der Waals surface area contributed by atoms with Gasteiger partial charge >= 0.3 is 6.18 Å². The second kappa shape index (κ2) is 10.4. The highest BCUT2D eigenvalue weighted by molar-refractivity contribution is 9.10. The summed E-state index contributed by atoms with van der Waals surface area (Å²) in [7, 11) is 0. The molecule has 0 spiro atoms. The maximum Gasteiger partial charge on any atom is 0.416 e. The summed E-state index contributed by atoms with van der Waals surface area (Å²) >= 11 is 9.47. The molecule has 0 atom stereocenters. The van der Waals surface area contributed by atoms with E-state index < -0.39 is 17.6 Å². The van der Waals surface area contributed by atoms with E-state index in [1.165, 1.54) is 12.1 Å². The molecule has 188 valence electrons. The number of halogens is 5. The Morgan fingerprint density at radius 3 is 2.67 bits per heavy atom. The van der Waals surface area contributed by atoms with Gasteiger partial charge < -0.3 is 14.5 Å². The minimum Gasteiger partial charge on any atom is -0.484 e. The van der Waals surface area contributed by atoms with Crippen molar-refractivity contribution in [1.82, 2.24) is 9.78 Å². The van der Waals surface area contributed by atoms with Crippen LogP contribution >= 0.6 is 27.5 Å². The van der Waals surface area contributed by atoms with E-state index >= 15 is 0 Å². The third-order valence-corrected chi connectivity index (χ3v) is 6.14. The molecule has 0 saturated heterocycles. The van der Waals surface area contributed by atoms with Gasteiger partial charge in [0.25, 0.3) is 5.91 Å². The molecular weight excluding hydrogens is 563 g/mol. The first kappa shape index (κ1) is 25.8. The van der Waals surface area contributed by atoms with Gasteiger partial charge in [-0.15, -0.1) is 0 Å². The number of hydrogen-bond donors (Lipinski definition) is 1. The van der Waals surface area contributed by atoms with Crippen molar-refractivity contribution in [3.8, 4) is 5.75 Å². The fourth-order valence-electron chi connectivity index (χ4n) is 3.54. The van der Waals surface area contributed by atoms with Gasteiger partial charge in [0.15, 0.2) is 5.76 Å². The van der Waals surface area contributed by atoms with Gasteiger partial charge in [-0.3, -0.25) is 9.48 Å². The predicted molar refractivity (Wildman–Crippen MR) is 132 cm³/mol. The molecule has 36 heavy (non-hydrogen) atoms. The molecule has 0 aliphatic heterocycles. The number of benzene rings is 2. The number of nitrogens with one attached hydrogen (secondary N) is 1. The normalized spacial score (nSPS) is 11.5. The topological polar surface area (TPSA) is 69.3 Å². The van der Waals surface area contributed by atoms with Gasteiger partial charge in [0.2, 0.25) is 0 Å². The number of hydrogen-bond acceptors (Lipinski definition) is 4. The van der Waals surface area contributed by atoms with Crippen molar-refractivity contribution in [2.24, 2.45) is 0 Å². The minimum absolute atomic E-state index is 0.0694. The molecule has 1 amide bonds. The fourth-order valence-corrected chi connectivity index (χ4v) is 4.27. The number of furan rings is 1. The van der Waals surface area contributed by atoms with Crippen LogP contribution in [0.4, 0.5) is 18.9 Å². The van der Waals surface area contributed by atoms with Crippen LogP contribution in [0.5, 0.6) is 5.75 Å². The second-order valence-electron chi connectivity index (χ2n) is 7.99. The lowest BCUT2D eigenvalue weighted by atomic mass is 10.1. The Morgan fingerprint density at radius 2 is 1.94 bits per heavy atom. The van der Waals surface area contributed by atoms with Crippen LogP contribution in [0.1, 0.15) is 38.8 Å². The quantitative estimate of drug-likeness (QED) is 0.246. The van der Waals surface area contributed by atoms with Crippen LogP contribution in [0.3, 0.4) is 0 Å². The summed E-state index contributed by atoms with van der Waals surface area (Å²) in [5.74, 6) is 0.474. The number of rotatable bonds is 7. The second-order valence-corrected chi connectivity index (χ2v) is 9.31. The zero-order valence-corrected chi connectivity index (χ0v) is 21.5. The highest BCUT2D eigenvalue weighted by Gasteiger charge is 2.30. The number of aryl methyl sites for hydroxylation is 1. The Kier molecular flexibility index (Phi) is 7.46. The van der Waals surface area contributed by atoms with E-state index in [9.17, 15) is 18.0 Å². The molecule has 1 N–H and O–H groups in total. The van der Waals surface area contributed by atoms with E-state index in [2.05, 4.69) is 26.3 Å². The first-order valence-electron chi connectivity index (χ1n) is 10.7. The van der Waals surface area contributed by atoms with Crippen molar-refractivity contribution < 1.29 is 27.1 Å².